The van der Waals surface area contributed by atoms with Crippen molar-refractivity contribution >= 4 is 76.8 Å². The Morgan fingerprint density at radius 3 is 1.56 bits per heavy atom. The van der Waals surface area contributed by atoms with Crippen LogP contribution < -0.4 is 0 Å². The van der Waals surface area contributed by atoms with E-state index in [1.807, 2.05) is 18.2 Å². The highest BCUT2D eigenvalue weighted by atomic mass is 15.0. The highest BCUT2D eigenvalue weighted by Gasteiger charge is 2.22. The van der Waals surface area contributed by atoms with Crippen LogP contribution in [0.3, 0.4) is 0 Å². The molecule has 5 heteroatoms. The maximum Gasteiger partial charge on any atom is 0.218 e. The van der Waals surface area contributed by atoms with Crippen LogP contribution in [0.4, 0.5) is 11.4 Å². The molecular weight excluding hydrogens is 671 g/mol. The second kappa shape index (κ2) is 11.8. The minimum atomic E-state index is 0.585. The van der Waals surface area contributed by atoms with Gasteiger partial charge in [0.15, 0.2) is 5.69 Å². The van der Waals surface area contributed by atoms with Gasteiger partial charge in [0.05, 0.1) is 52.1 Å². The van der Waals surface area contributed by atoms with Crippen LogP contribution in [0.5, 0.6) is 0 Å². The summed E-state index contributed by atoms with van der Waals surface area (Å²) in [6.07, 6.45) is 0. The quantitative estimate of drug-likeness (QED) is 0.163. The lowest BCUT2D eigenvalue weighted by atomic mass is 10.0. The molecule has 0 amide bonds. The van der Waals surface area contributed by atoms with Crippen LogP contribution in [0.1, 0.15) is 0 Å². The predicted molar refractivity (Wildman–Crippen MR) is 227 cm³/mol. The van der Waals surface area contributed by atoms with E-state index in [2.05, 4.69) is 181 Å². The minimum Gasteiger partial charge on any atom is -0.319 e. The van der Waals surface area contributed by atoms with Crippen molar-refractivity contribution in [1.82, 2.24) is 13.7 Å². The number of nitrogens with zero attached hydrogens (tertiary/aromatic N) is 5. The smallest absolute Gasteiger partial charge is 0.218 e. The van der Waals surface area contributed by atoms with E-state index in [4.69, 9.17) is 13.1 Å². The lowest BCUT2D eigenvalue weighted by Crippen LogP contribution is -1.98. The number of aromatic nitrogens is 3. The Balaban J connectivity index is 1.15. The molecule has 254 valence electrons. The van der Waals surface area contributed by atoms with Gasteiger partial charge in [-0.1, -0.05) is 115 Å². The molecule has 11 rings (SSSR count). The number of fused-ring (bicyclic) bond motifs is 9. The molecule has 0 spiro atoms. The van der Waals surface area contributed by atoms with E-state index in [9.17, 15) is 0 Å². The third-order valence-electron chi connectivity index (χ3n) is 11.1. The van der Waals surface area contributed by atoms with Crippen LogP contribution in [0.25, 0.3) is 103 Å². The Morgan fingerprint density at radius 2 is 0.891 bits per heavy atom. The third kappa shape index (κ3) is 4.39. The highest BCUT2D eigenvalue weighted by Crippen LogP contribution is 2.44. The van der Waals surface area contributed by atoms with Crippen molar-refractivity contribution in [2.45, 2.75) is 0 Å². The number of hydrogen-bond donors (Lipinski definition) is 0. The summed E-state index contributed by atoms with van der Waals surface area (Å²) < 4.78 is 6.88. The molecular formula is C50H29N5. The van der Waals surface area contributed by atoms with E-state index >= 15 is 0 Å². The Kier molecular flexibility index (Phi) is 6.61. The van der Waals surface area contributed by atoms with Gasteiger partial charge in [0, 0.05) is 43.5 Å². The topological polar surface area (TPSA) is 23.5 Å². The van der Waals surface area contributed by atoms with E-state index in [1.165, 1.54) is 10.8 Å². The molecule has 0 radical (unpaired) electrons. The van der Waals surface area contributed by atoms with E-state index in [-0.39, 0.29) is 0 Å². The van der Waals surface area contributed by atoms with Crippen LogP contribution >= 0.6 is 0 Å². The summed E-state index contributed by atoms with van der Waals surface area (Å²) in [5.41, 5.74) is 12.4. The number of benzene rings is 8. The number of hydrogen-bond acceptors (Lipinski definition) is 0. The molecule has 0 N–H and O–H groups in total. The van der Waals surface area contributed by atoms with Gasteiger partial charge in [-0.2, -0.15) is 0 Å². The second-order valence-corrected chi connectivity index (χ2v) is 13.9. The fourth-order valence-corrected chi connectivity index (χ4v) is 8.81. The van der Waals surface area contributed by atoms with Gasteiger partial charge in [-0.25, -0.2) is 9.69 Å². The molecule has 0 fully saturated rings. The SMILES string of the molecule is [C-]#[N+]c1ccc2c3ccccc3n(-c3cccc(-c4cccc(-n5c6ccccc6c6c(-n7c8ccccc8c8ccccc87)cccc65)c4[N+]#[C-])c3)c2c1. The second-order valence-electron chi connectivity index (χ2n) is 13.9. The normalized spacial score (nSPS) is 11.6. The fourth-order valence-electron chi connectivity index (χ4n) is 8.81. The summed E-state index contributed by atoms with van der Waals surface area (Å²) in [7, 11) is 0. The molecule has 3 heterocycles. The summed E-state index contributed by atoms with van der Waals surface area (Å²) in [4.78, 5) is 8.01. The zero-order chi connectivity index (χ0) is 36.6. The van der Waals surface area contributed by atoms with Gasteiger partial charge in [0.2, 0.25) is 5.69 Å². The van der Waals surface area contributed by atoms with Crippen molar-refractivity contribution in [3.05, 3.63) is 199 Å². The molecule has 8 aromatic carbocycles. The van der Waals surface area contributed by atoms with Crippen molar-refractivity contribution in [2.75, 3.05) is 0 Å². The molecule has 0 saturated heterocycles. The van der Waals surface area contributed by atoms with Gasteiger partial charge < -0.3 is 13.7 Å². The number of rotatable bonds is 4. The first-order valence-corrected chi connectivity index (χ1v) is 18.3. The first-order valence-electron chi connectivity index (χ1n) is 18.3. The largest absolute Gasteiger partial charge is 0.319 e. The zero-order valence-corrected chi connectivity index (χ0v) is 29.5. The maximum absolute atomic E-state index is 8.66. The minimum absolute atomic E-state index is 0.585. The zero-order valence-electron chi connectivity index (χ0n) is 29.5. The van der Waals surface area contributed by atoms with Gasteiger partial charge in [-0.05, 0) is 71.8 Å². The van der Waals surface area contributed by atoms with E-state index < -0.39 is 0 Å². The van der Waals surface area contributed by atoms with Gasteiger partial charge >= 0.3 is 0 Å². The van der Waals surface area contributed by atoms with Gasteiger partial charge in [-0.3, -0.25) is 0 Å². The summed E-state index contributed by atoms with van der Waals surface area (Å²) in [6.45, 7) is 16.4. The third-order valence-corrected chi connectivity index (χ3v) is 11.1. The molecule has 0 aliphatic rings. The molecule has 5 nitrogen and oxygen atoms in total. The standard InChI is InChI=1S/C50H29N5/c1-51-33-28-29-39-38-18-3-7-21-41(38)53(48(39)31-33)34-15-11-14-32(30-34)35-20-12-27-47(50(35)52-2)55-44-24-10-6-19-40(44)49-45(25-13-26-46(49)55)54-42-22-8-4-16-36(42)37-17-5-9-23-43(37)54/h3-31H. The molecule has 0 unspecified atom stereocenters. The van der Waals surface area contributed by atoms with Crippen molar-refractivity contribution in [1.29, 1.82) is 0 Å². The van der Waals surface area contributed by atoms with Crippen LogP contribution in [-0.4, -0.2) is 13.7 Å². The lowest BCUT2D eigenvalue weighted by Gasteiger charge is -2.15. The average Bonchev–Trinajstić information content (AvgIpc) is 3.89. The molecule has 0 saturated carbocycles. The summed E-state index contributed by atoms with van der Waals surface area (Å²) in [6, 6.07) is 61.1. The Bertz CT molecular complexity index is 3420. The van der Waals surface area contributed by atoms with Gasteiger partial charge in [0.25, 0.3) is 0 Å². The van der Waals surface area contributed by atoms with Crippen molar-refractivity contribution in [2.24, 2.45) is 0 Å². The first kappa shape index (κ1) is 30.7. The summed E-state index contributed by atoms with van der Waals surface area (Å²) in [5, 5.41) is 6.94. The first-order chi connectivity index (χ1) is 27.2. The van der Waals surface area contributed by atoms with Crippen LogP contribution in [0.2, 0.25) is 0 Å². The summed E-state index contributed by atoms with van der Waals surface area (Å²) in [5.74, 6) is 0. The fraction of sp³-hybridized carbons (Fsp3) is 0. The van der Waals surface area contributed by atoms with Crippen molar-refractivity contribution < 1.29 is 0 Å². The molecule has 11 aromatic rings. The van der Waals surface area contributed by atoms with E-state index in [0.717, 1.165) is 82.8 Å². The monoisotopic (exact) mass is 699 g/mol. The van der Waals surface area contributed by atoms with Crippen molar-refractivity contribution in [3.63, 3.8) is 0 Å². The molecule has 55 heavy (non-hydrogen) atoms. The van der Waals surface area contributed by atoms with Gasteiger partial charge in [0.1, 0.15) is 0 Å². The van der Waals surface area contributed by atoms with Crippen LogP contribution in [-0.2, 0) is 0 Å². The molecule has 3 aromatic heterocycles. The Morgan fingerprint density at radius 1 is 0.364 bits per heavy atom. The molecule has 0 aliphatic heterocycles. The highest BCUT2D eigenvalue weighted by molar-refractivity contribution is 6.17. The lowest BCUT2D eigenvalue weighted by molar-refractivity contribution is 1.17. The van der Waals surface area contributed by atoms with Gasteiger partial charge in [-0.15, -0.1) is 0 Å². The molecule has 0 atom stereocenters. The number of para-hydroxylation sites is 5. The van der Waals surface area contributed by atoms with E-state index in [1.54, 1.807) is 0 Å². The Labute approximate surface area is 316 Å². The van der Waals surface area contributed by atoms with Crippen LogP contribution in [0, 0.1) is 13.1 Å². The molecule has 0 aliphatic carbocycles. The average molecular weight is 700 g/mol. The Hall–Kier alpha value is -7.86. The van der Waals surface area contributed by atoms with E-state index in [0.29, 0.717) is 11.4 Å². The maximum atomic E-state index is 8.66. The summed E-state index contributed by atoms with van der Waals surface area (Å²) >= 11 is 0. The van der Waals surface area contributed by atoms with Crippen molar-refractivity contribution in [3.8, 4) is 28.2 Å². The predicted octanol–water partition coefficient (Wildman–Crippen LogP) is 13.7. The molecule has 0 bridgehead atoms. The van der Waals surface area contributed by atoms with Crippen LogP contribution in [0.15, 0.2) is 176 Å².